The molecule has 1 aromatic rings. The average Bonchev–Trinajstić information content (AvgIpc) is 3.08. The predicted octanol–water partition coefficient (Wildman–Crippen LogP) is -0.485. The van der Waals surface area contributed by atoms with Crippen LogP contribution in [0.5, 0.6) is 0 Å². The van der Waals surface area contributed by atoms with Gasteiger partial charge in [0.25, 0.3) is 0 Å². The van der Waals surface area contributed by atoms with E-state index in [1.54, 1.807) is 0 Å². The van der Waals surface area contributed by atoms with Gasteiger partial charge in [0, 0.05) is 12.1 Å². The molecular weight excluding hydrogens is 322 g/mol. The number of rotatable bonds is 9. The highest BCUT2D eigenvalue weighted by Gasteiger charge is 2.46. The zero-order chi connectivity index (χ0) is 17.6. The fourth-order valence-corrected chi connectivity index (χ4v) is 3.27. The number of nitrogens with zero attached hydrogens (tertiary/aromatic N) is 3. The first kappa shape index (κ1) is 18.0. The summed E-state index contributed by atoms with van der Waals surface area (Å²) >= 11 is 0. The Bertz CT molecular complexity index is 597. The number of likely N-dealkylation sites (tertiary alicyclic amines) is 1. The molecule has 2 atom stereocenters. The van der Waals surface area contributed by atoms with Crippen LogP contribution in [-0.4, -0.2) is 64.7 Å². The lowest BCUT2D eigenvalue weighted by Gasteiger charge is -2.30. The van der Waals surface area contributed by atoms with E-state index in [9.17, 15) is 9.59 Å². The normalized spacial score (nSPS) is 24.4. The van der Waals surface area contributed by atoms with Crippen LogP contribution < -0.4 is 15.9 Å². The first-order valence-corrected chi connectivity index (χ1v) is 9.11. The molecule has 1 saturated heterocycles. The van der Waals surface area contributed by atoms with Gasteiger partial charge in [-0.05, 0) is 45.3 Å². The van der Waals surface area contributed by atoms with Crippen LogP contribution in [-0.2, 0) is 16.1 Å². The Morgan fingerprint density at radius 3 is 2.76 bits per heavy atom. The van der Waals surface area contributed by atoms with Gasteiger partial charge >= 0.3 is 0 Å². The minimum Gasteiger partial charge on any atom is -0.397 e. The van der Waals surface area contributed by atoms with Crippen molar-refractivity contribution in [2.75, 3.05) is 26.2 Å². The van der Waals surface area contributed by atoms with Crippen molar-refractivity contribution in [2.45, 2.75) is 50.7 Å². The summed E-state index contributed by atoms with van der Waals surface area (Å²) in [6, 6.07) is -1.18. The fraction of sp³-hybridized carbons (Fsp3) is 0.706. The second-order valence-electron chi connectivity index (χ2n) is 6.81. The van der Waals surface area contributed by atoms with E-state index in [0.717, 1.165) is 32.5 Å². The Hall–Kier alpha value is -1.77. The van der Waals surface area contributed by atoms with E-state index < -0.39 is 23.7 Å². The highest BCUT2D eigenvalue weighted by molar-refractivity contribution is 6.48. The SMILES string of the molecule is NC1C(=O)C(=O)C1NCCCCOn1cc(CN2CCCCC2)cn1. The Kier molecular flexibility index (Phi) is 6.17. The molecule has 0 spiro atoms. The molecule has 8 nitrogen and oxygen atoms in total. The molecular formula is C17H27N5O3. The number of hydrogen-bond acceptors (Lipinski definition) is 7. The number of hydrogen-bond donors (Lipinski definition) is 2. The van der Waals surface area contributed by atoms with Crippen molar-refractivity contribution in [2.24, 2.45) is 5.73 Å². The summed E-state index contributed by atoms with van der Waals surface area (Å²) in [5.41, 5.74) is 6.74. The lowest BCUT2D eigenvalue weighted by molar-refractivity contribution is -0.146. The van der Waals surface area contributed by atoms with Gasteiger partial charge in [0.15, 0.2) is 0 Å². The number of ketones is 2. The standard InChI is InChI=1S/C17H27N5O3/c18-14-15(17(24)16(14)23)19-6-2-5-9-25-22-12-13(10-20-22)11-21-7-3-1-4-8-21/h10,12,14-15,19H,1-9,11,18H2. The van der Waals surface area contributed by atoms with Crippen molar-refractivity contribution < 1.29 is 14.4 Å². The summed E-state index contributed by atoms with van der Waals surface area (Å²) < 4.78 is 0. The van der Waals surface area contributed by atoms with Gasteiger partial charge in [-0.1, -0.05) is 6.42 Å². The first-order chi connectivity index (χ1) is 12.1. The molecule has 0 amide bonds. The number of aromatic nitrogens is 2. The van der Waals surface area contributed by atoms with E-state index in [0.29, 0.717) is 13.2 Å². The Morgan fingerprint density at radius 2 is 2.00 bits per heavy atom. The van der Waals surface area contributed by atoms with Gasteiger partial charge in [-0.15, -0.1) is 9.94 Å². The molecule has 138 valence electrons. The van der Waals surface area contributed by atoms with Crippen molar-refractivity contribution in [3.63, 3.8) is 0 Å². The number of nitrogens with one attached hydrogen (secondary N) is 1. The molecule has 1 aromatic heterocycles. The zero-order valence-electron chi connectivity index (χ0n) is 14.5. The summed E-state index contributed by atoms with van der Waals surface area (Å²) in [5, 5.41) is 7.25. The van der Waals surface area contributed by atoms with Gasteiger partial charge in [-0.2, -0.15) is 0 Å². The molecule has 2 unspecified atom stereocenters. The van der Waals surface area contributed by atoms with Gasteiger partial charge in [0.2, 0.25) is 11.6 Å². The van der Waals surface area contributed by atoms with E-state index in [-0.39, 0.29) is 0 Å². The van der Waals surface area contributed by atoms with Gasteiger partial charge in [-0.3, -0.25) is 14.5 Å². The zero-order valence-corrected chi connectivity index (χ0v) is 14.5. The molecule has 3 N–H and O–H groups in total. The molecule has 0 aromatic carbocycles. The Morgan fingerprint density at radius 1 is 1.20 bits per heavy atom. The van der Waals surface area contributed by atoms with Crippen LogP contribution in [0.2, 0.25) is 0 Å². The van der Waals surface area contributed by atoms with E-state index in [1.807, 2.05) is 12.4 Å². The minimum absolute atomic E-state index is 0.401. The van der Waals surface area contributed by atoms with Gasteiger partial charge in [0.05, 0.1) is 24.5 Å². The van der Waals surface area contributed by atoms with Crippen molar-refractivity contribution in [3.05, 3.63) is 18.0 Å². The van der Waals surface area contributed by atoms with Gasteiger partial charge < -0.3 is 15.9 Å². The van der Waals surface area contributed by atoms with Crippen molar-refractivity contribution >= 4 is 11.6 Å². The average molecular weight is 349 g/mol. The molecule has 2 fully saturated rings. The van der Waals surface area contributed by atoms with Gasteiger partial charge in [-0.25, -0.2) is 0 Å². The van der Waals surface area contributed by atoms with Crippen molar-refractivity contribution in [3.8, 4) is 0 Å². The minimum atomic E-state index is -0.675. The highest BCUT2D eigenvalue weighted by Crippen LogP contribution is 2.12. The second kappa shape index (κ2) is 8.55. The number of Topliss-reactive ketones (excluding diaryl/α,β-unsaturated/α-hetero) is 2. The molecule has 0 radical (unpaired) electrons. The Balaban J connectivity index is 1.27. The largest absolute Gasteiger partial charge is 0.397 e. The number of piperidine rings is 1. The van der Waals surface area contributed by atoms with Crippen LogP contribution in [0.25, 0.3) is 0 Å². The highest BCUT2D eigenvalue weighted by atomic mass is 16.7. The van der Waals surface area contributed by atoms with Crippen molar-refractivity contribution in [1.82, 2.24) is 20.2 Å². The lowest BCUT2D eigenvalue weighted by atomic mass is 9.84. The maximum absolute atomic E-state index is 11.3. The van der Waals surface area contributed by atoms with Crippen LogP contribution in [0, 0.1) is 0 Å². The maximum Gasteiger partial charge on any atom is 0.219 e. The summed E-state index contributed by atoms with van der Waals surface area (Å²) in [6.45, 7) is 4.45. The molecule has 25 heavy (non-hydrogen) atoms. The van der Waals surface area contributed by atoms with Crippen LogP contribution in [0.3, 0.4) is 0 Å². The quantitative estimate of drug-likeness (QED) is 0.458. The summed E-state index contributed by atoms with van der Waals surface area (Å²) in [4.78, 5) is 31.9. The molecule has 8 heteroatoms. The van der Waals surface area contributed by atoms with Crippen LogP contribution in [0.4, 0.5) is 0 Å². The third-order valence-electron chi connectivity index (χ3n) is 4.81. The summed E-state index contributed by atoms with van der Waals surface area (Å²) in [7, 11) is 0. The maximum atomic E-state index is 11.3. The molecule has 1 saturated carbocycles. The number of nitrogens with two attached hydrogens (primary N) is 1. The molecule has 2 heterocycles. The molecule has 3 rings (SSSR count). The lowest BCUT2D eigenvalue weighted by Crippen LogP contribution is -2.68. The van der Waals surface area contributed by atoms with Crippen LogP contribution >= 0.6 is 0 Å². The third kappa shape index (κ3) is 4.65. The topological polar surface area (TPSA) is 102 Å². The summed E-state index contributed by atoms with van der Waals surface area (Å²) in [6.07, 6.45) is 9.37. The first-order valence-electron chi connectivity index (χ1n) is 9.11. The Labute approximate surface area is 147 Å². The van der Waals surface area contributed by atoms with Crippen LogP contribution in [0.1, 0.15) is 37.7 Å². The van der Waals surface area contributed by atoms with Crippen molar-refractivity contribution in [1.29, 1.82) is 0 Å². The number of carbonyl (C=O) groups excluding carboxylic acids is 2. The molecule has 0 bridgehead atoms. The van der Waals surface area contributed by atoms with E-state index in [1.165, 1.54) is 29.7 Å². The smallest absolute Gasteiger partial charge is 0.219 e. The fourth-order valence-electron chi connectivity index (χ4n) is 3.27. The van der Waals surface area contributed by atoms with Gasteiger partial charge in [0.1, 0.15) is 6.61 Å². The second-order valence-corrected chi connectivity index (χ2v) is 6.81. The monoisotopic (exact) mass is 349 g/mol. The summed E-state index contributed by atoms with van der Waals surface area (Å²) in [5.74, 6) is -0.874. The van der Waals surface area contributed by atoms with E-state index in [2.05, 4.69) is 15.3 Å². The molecule has 1 aliphatic carbocycles. The predicted molar refractivity (Wildman–Crippen MR) is 91.8 cm³/mol. The van der Waals surface area contributed by atoms with E-state index >= 15 is 0 Å². The molecule has 1 aliphatic heterocycles. The van der Waals surface area contributed by atoms with Crippen LogP contribution in [0.15, 0.2) is 12.4 Å². The third-order valence-corrected chi connectivity index (χ3v) is 4.81. The number of unbranched alkanes of at least 4 members (excludes halogenated alkanes) is 1. The molecule has 2 aliphatic rings. The van der Waals surface area contributed by atoms with E-state index in [4.69, 9.17) is 10.6 Å². The number of carbonyl (C=O) groups is 2.